The minimum absolute atomic E-state index is 0.174. The van der Waals surface area contributed by atoms with Crippen LogP contribution in [0.4, 0.5) is 5.69 Å². The van der Waals surface area contributed by atoms with E-state index in [2.05, 4.69) is 23.1 Å². The van der Waals surface area contributed by atoms with E-state index in [0.717, 1.165) is 13.0 Å². The van der Waals surface area contributed by atoms with Crippen LogP contribution in [-0.2, 0) is 14.3 Å². The summed E-state index contributed by atoms with van der Waals surface area (Å²) in [5.74, 6) is -0.845. The number of benzene rings is 2. The summed E-state index contributed by atoms with van der Waals surface area (Å²) in [4.78, 5) is 40.8. The third-order valence-corrected chi connectivity index (χ3v) is 5.59. The zero-order chi connectivity index (χ0) is 21.1. The van der Waals surface area contributed by atoms with Gasteiger partial charge in [0.25, 0.3) is 5.91 Å². The van der Waals surface area contributed by atoms with Gasteiger partial charge in [0.15, 0.2) is 0 Å². The van der Waals surface area contributed by atoms with Gasteiger partial charge in [0.2, 0.25) is 5.91 Å². The van der Waals surface area contributed by atoms with Gasteiger partial charge < -0.3 is 4.74 Å². The van der Waals surface area contributed by atoms with Crippen LogP contribution in [0.1, 0.15) is 35.7 Å². The van der Waals surface area contributed by atoms with E-state index in [1.165, 1.54) is 16.0 Å². The molecule has 154 valence electrons. The van der Waals surface area contributed by atoms with E-state index in [1.807, 2.05) is 18.2 Å². The molecule has 0 aliphatic carbocycles. The summed E-state index contributed by atoms with van der Waals surface area (Å²) < 4.78 is 4.97. The summed E-state index contributed by atoms with van der Waals surface area (Å²) in [7, 11) is 0. The van der Waals surface area contributed by atoms with E-state index >= 15 is 0 Å². The SMILES string of the molecule is CCOC(=O)c1ccc(N2C(=O)C[C@@H](N3CC=C(c4ccccc4)CC3)C2=O)cc1. The molecule has 0 saturated carbocycles. The van der Waals surface area contributed by atoms with Crippen molar-refractivity contribution < 1.29 is 19.1 Å². The molecule has 2 aromatic rings. The first-order chi connectivity index (χ1) is 14.6. The fourth-order valence-corrected chi connectivity index (χ4v) is 4.02. The van der Waals surface area contributed by atoms with Crippen LogP contribution in [-0.4, -0.2) is 48.4 Å². The molecule has 0 bridgehead atoms. The smallest absolute Gasteiger partial charge is 0.338 e. The van der Waals surface area contributed by atoms with Crippen molar-refractivity contribution in [1.29, 1.82) is 0 Å². The van der Waals surface area contributed by atoms with E-state index in [4.69, 9.17) is 4.74 Å². The molecule has 0 aromatic heterocycles. The van der Waals surface area contributed by atoms with Gasteiger partial charge in [-0.1, -0.05) is 36.4 Å². The van der Waals surface area contributed by atoms with Crippen molar-refractivity contribution in [2.75, 3.05) is 24.6 Å². The van der Waals surface area contributed by atoms with Gasteiger partial charge in [0.05, 0.1) is 30.3 Å². The fraction of sp³-hybridized carbons (Fsp3) is 0.292. The van der Waals surface area contributed by atoms with E-state index in [9.17, 15) is 14.4 Å². The van der Waals surface area contributed by atoms with Crippen LogP contribution in [0, 0.1) is 0 Å². The largest absolute Gasteiger partial charge is 0.462 e. The lowest BCUT2D eigenvalue weighted by molar-refractivity contribution is -0.122. The lowest BCUT2D eigenvalue weighted by atomic mass is 9.98. The highest BCUT2D eigenvalue weighted by Crippen LogP contribution is 2.29. The molecule has 0 unspecified atom stereocenters. The number of hydrogen-bond donors (Lipinski definition) is 0. The molecule has 1 fully saturated rings. The summed E-state index contributed by atoms with van der Waals surface area (Å²) in [5.41, 5.74) is 3.35. The topological polar surface area (TPSA) is 66.9 Å². The van der Waals surface area contributed by atoms with Gasteiger partial charge in [-0.2, -0.15) is 0 Å². The minimum Gasteiger partial charge on any atom is -0.462 e. The highest BCUT2D eigenvalue weighted by atomic mass is 16.5. The normalized spacial score (nSPS) is 19.7. The lowest BCUT2D eigenvalue weighted by Crippen LogP contribution is -2.44. The minimum atomic E-state index is -0.448. The number of hydrogen-bond acceptors (Lipinski definition) is 5. The van der Waals surface area contributed by atoms with Crippen LogP contribution >= 0.6 is 0 Å². The Morgan fingerprint density at radius 2 is 1.80 bits per heavy atom. The number of carbonyl (C=O) groups is 3. The molecule has 2 amide bonds. The zero-order valence-electron chi connectivity index (χ0n) is 16.9. The molecule has 4 rings (SSSR count). The average molecular weight is 404 g/mol. The number of esters is 1. The van der Waals surface area contributed by atoms with Crippen LogP contribution < -0.4 is 4.90 Å². The Kier molecular flexibility index (Phi) is 5.77. The number of anilines is 1. The maximum Gasteiger partial charge on any atom is 0.338 e. The van der Waals surface area contributed by atoms with Gasteiger partial charge in [0.1, 0.15) is 0 Å². The van der Waals surface area contributed by atoms with Crippen LogP contribution in [0.3, 0.4) is 0 Å². The molecular formula is C24H24N2O4. The van der Waals surface area contributed by atoms with E-state index in [-0.39, 0.29) is 18.2 Å². The zero-order valence-corrected chi connectivity index (χ0v) is 16.9. The first kappa shape index (κ1) is 20.0. The monoisotopic (exact) mass is 404 g/mol. The Hall–Kier alpha value is -3.25. The summed E-state index contributed by atoms with van der Waals surface area (Å²) in [6.07, 6.45) is 3.16. The molecule has 0 N–H and O–H groups in total. The van der Waals surface area contributed by atoms with E-state index in [0.29, 0.717) is 24.4 Å². The maximum absolute atomic E-state index is 13.0. The molecule has 0 radical (unpaired) electrons. The standard InChI is InChI=1S/C24H24N2O4/c1-2-30-24(29)19-8-10-20(11-9-19)26-22(27)16-21(23(26)28)25-14-12-18(13-15-25)17-6-4-3-5-7-17/h3-12,21H,2,13-16H2,1H3/t21-/m1/s1. The van der Waals surface area contributed by atoms with Crippen molar-refractivity contribution in [3.8, 4) is 0 Å². The first-order valence-electron chi connectivity index (χ1n) is 10.2. The van der Waals surface area contributed by atoms with Crippen molar-refractivity contribution in [3.63, 3.8) is 0 Å². The third kappa shape index (κ3) is 3.91. The Labute approximate surface area is 175 Å². The summed E-state index contributed by atoms with van der Waals surface area (Å²) in [6, 6.07) is 16.2. The second-order valence-electron chi connectivity index (χ2n) is 7.39. The molecule has 2 aromatic carbocycles. The predicted molar refractivity (Wildman–Crippen MR) is 114 cm³/mol. The first-order valence-corrected chi connectivity index (χ1v) is 10.2. The molecule has 2 heterocycles. The van der Waals surface area contributed by atoms with Crippen molar-refractivity contribution in [3.05, 3.63) is 71.8 Å². The van der Waals surface area contributed by atoms with Crippen LogP contribution in [0.5, 0.6) is 0 Å². The van der Waals surface area contributed by atoms with Crippen LogP contribution in [0.15, 0.2) is 60.7 Å². The van der Waals surface area contributed by atoms with Gasteiger partial charge in [-0.25, -0.2) is 9.69 Å². The quantitative estimate of drug-likeness (QED) is 0.565. The molecule has 2 aliphatic rings. The van der Waals surface area contributed by atoms with Gasteiger partial charge in [-0.3, -0.25) is 14.5 Å². The molecule has 1 saturated heterocycles. The summed E-state index contributed by atoms with van der Waals surface area (Å²) in [6.45, 7) is 3.41. The average Bonchev–Trinajstić information content (AvgIpc) is 3.08. The number of rotatable bonds is 5. The maximum atomic E-state index is 13.0. The highest BCUT2D eigenvalue weighted by molar-refractivity contribution is 6.22. The Balaban J connectivity index is 1.46. The van der Waals surface area contributed by atoms with Gasteiger partial charge in [0, 0.05) is 13.1 Å². The molecule has 30 heavy (non-hydrogen) atoms. The highest BCUT2D eigenvalue weighted by Gasteiger charge is 2.42. The van der Waals surface area contributed by atoms with Crippen molar-refractivity contribution in [2.24, 2.45) is 0 Å². The van der Waals surface area contributed by atoms with Crippen molar-refractivity contribution >= 4 is 29.0 Å². The molecule has 0 spiro atoms. The number of carbonyl (C=O) groups excluding carboxylic acids is 3. The lowest BCUT2D eigenvalue weighted by Gasteiger charge is -2.30. The molecule has 6 heteroatoms. The molecule has 1 atom stereocenters. The van der Waals surface area contributed by atoms with Gasteiger partial charge in [-0.15, -0.1) is 0 Å². The fourth-order valence-electron chi connectivity index (χ4n) is 4.02. The molecule has 2 aliphatic heterocycles. The van der Waals surface area contributed by atoms with Crippen molar-refractivity contribution in [2.45, 2.75) is 25.8 Å². The van der Waals surface area contributed by atoms with E-state index < -0.39 is 12.0 Å². The second kappa shape index (κ2) is 8.63. The predicted octanol–water partition coefficient (Wildman–Crippen LogP) is 3.28. The molecular weight excluding hydrogens is 380 g/mol. The number of nitrogens with zero attached hydrogens (tertiary/aromatic N) is 2. The third-order valence-electron chi connectivity index (χ3n) is 5.59. The van der Waals surface area contributed by atoms with Crippen LogP contribution in [0.2, 0.25) is 0 Å². The van der Waals surface area contributed by atoms with Gasteiger partial charge >= 0.3 is 5.97 Å². The Morgan fingerprint density at radius 1 is 1.07 bits per heavy atom. The van der Waals surface area contributed by atoms with Crippen LogP contribution in [0.25, 0.3) is 5.57 Å². The van der Waals surface area contributed by atoms with Crippen molar-refractivity contribution in [1.82, 2.24) is 4.90 Å². The second-order valence-corrected chi connectivity index (χ2v) is 7.39. The number of amides is 2. The van der Waals surface area contributed by atoms with Gasteiger partial charge in [-0.05, 0) is 48.7 Å². The Morgan fingerprint density at radius 3 is 2.43 bits per heavy atom. The number of imide groups is 1. The summed E-state index contributed by atoms with van der Waals surface area (Å²) >= 11 is 0. The Bertz CT molecular complexity index is 982. The number of ether oxygens (including phenoxy) is 1. The summed E-state index contributed by atoms with van der Waals surface area (Å²) in [5, 5.41) is 0. The molecule has 6 nitrogen and oxygen atoms in total. The van der Waals surface area contributed by atoms with E-state index in [1.54, 1.807) is 31.2 Å².